The van der Waals surface area contributed by atoms with Gasteiger partial charge in [0.15, 0.2) is 5.82 Å². The van der Waals surface area contributed by atoms with Gasteiger partial charge in [0.1, 0.15) is 0 Å². The molecule has 1 aliphatic rings. The van der Waals surface area contributed by atoms with Crippen molar-refractivity contribution in [2.24, 2.45) is 5.92 Å². The van der Waals surface area contributed by atoms with Crippen molar-refractivity contribution in [3.63, 3.8) is 0 Å². The number of aromatic nitrogens is 4. The molecule has 1 aliphatic heterocycles. The van der Waals surface area contributed by atoms with E-state index in [0.717, 1.165) is 18.3 Å². The van der Waals surface area contributed by atoms with E-state index in [2.05, 4.69) is 33.7 Å². The van der Waals surface area contributed by atoms with Crippen LogP contribution in [-0.2, 0) is 0 Å². The van der Waals surface area contributed by atoms with E-state index in [1.54, 1.807) is 6.20 Å². The van der Waals surface area contributed by atoms with Gasteiger partial charge < -0.3 is 5.32 Å². The molecule has 1 saturated heterocycles. The van der Waals surface area contributed by atoms with Crippen molar-refractivity contribution in [3.05, 3.63) is 30.2 Å². The number of aromatic amines is 1. The predicted octanol–water partition coefficient (Wildman–Crippen LogP) is 1.66. The lowest BCUT2D eigenvalue weighted by Gasteiger charge is -2.26. The average molecular weight is 231 g/mol. The molecule has 2 N–H and O–H groups in total. The molecule has 0 radical (unpaired) electrons. The van der Waals surface area contributed by atoms with E-state index in [4.69, 9.17) is 0 Å². The van der Waals surface area contributed by atoms with Gasteiger partial charge in [-0.05, 0) is 25.3 Å². The summed E-state index contributed by atoms with van der Waals surface area (Å²) in [6.07, 6.45) is 8.27. The van der Waals surface area contributed by atoms with Crippen LogP contribution in [0.5, 0.6) is 0 Å². The number of rotatable bonds is 2. The number of nitrogens with one attached hydrogen (secondary N) is 2. The van der Waals surface area contributed by atoms with Gasteiger partial charge in [-0.3, -0.25) is 5.10 Å². The fourth-order valence-corrected chi connectivity index (χ4v) is 2.31. The van der Waals surface area contributed by atoms with Crippen molar-refractivity contribution in [2.75, 3.05) is 6.54 Å². The third-order valence-corrected chi connectivity index (χ3v) is 3.39. The zero-order chi connectivity index (χ0) is 11.7. The quantitative estimate of drug-likeness (QED) is 0.826. The molecule has 0 amide bonds. The van der Waals surface area contributed by atoms with Crippen LogP contribution in [0.15, 0.2) is 24.7 Å². The molecule has 1 fully saturated rings. The highest BCUT2D eigenvalue weighted by molar-refractivity contribution is 5.22. The Bertz CT molecular complexity index is 465. The van der Waals surface area contributed by atoms with Gasteiger partial charge in [-0.15, -0.1) is 0 Å². The topological polar surface area (TPSA) is 58.5 Å². The average Bonchev–Trinajstić information content (AvgIpc) is 3.00. The van der Waals surface area contributed by atoms with Crippen LogP contribution in [0.4, 0.5) is 0 Å². The Labute approximate surface area is 100 Å². The number of H-pyrrole nitrogens is 1. The maximum atomic E-state index is 4.35. The first kappa shape index (κ1) is 10.5. The fourth-order valence-electron chi connectivity index (χ4n) is 2.31. The summed E-state index contributed by atoms with van der Waals surface area (Å²) in [4.78, 5) is 0. The van der Waals surface area contributed by atoms with Crippen LogP contribution in [0.1, 0.15) is 31.4 Å². The number of hydrogen-bond acceptors (Lipinski definition) is 3. The Morgan fingerprint density at radius 1 is 1.41 bits per heavy atom. The van der Waals surface area contributed by atoms with Crippen LogP contribution in [-0.4, -0.2) is 26.5 Å². The van der Waals surface area contributed by atoms with Crippen LogP contribution in [0.3, 0.4) is 0 Å². The maximum Gasteiger partial charge on any atom is 0.174 e. The Kier molecular flexibility index (Phi) is 2.68. The zero-order valence-corrected chi connectivity index (χ0v) is 9.93. The second-order valence-corrected chi connectivity index (χ2v) is 4.79. The summed E-state index contributed by atoms with van der Waals surface area (Å²) in [5.41, 5.74) is 1.25. The molecule has 5 nitrogen and oxygen atoms in total. The van der Waals surface area contributed by atoms with E-state index in [1.807, 2.05) is 16.9 Å². The third-order valence-electron chi connectivity index (χ3n) is 3.39. The van der Waals surface area contributed by atoms with Crippen molar-refractivity contribution in [1.82, 2.24) is 25.3 Å². The van der Waals surface area contributed by atoms with Crippen LogP contribution in [0.2, 0.25) is 0 Å². The van der Waals surface area contributed by atoms with E-state index in [0.29, 0.717) is 6.04 Å². The summed E-state index contributed by atoms with van der Waals surface area (Å²) < 4.78 is 1.81. The van der Waals surface area contributed by atoms with Gasteiger partial charge in [0.2, 0.25) is 0 Å². The van der Waals surface area contributed by atoms with Crippen molar-refractivity contribution >= 4 is 0 Å². The molecule has 2 aromatic rings. The Hall–Kier alpha value is -1.62. The highest BCUT2D eigenvalue weighted by atomic mass is 15.3. The fraction of sp³-hybridized carbons (Fsp3) is 0.500. The van der Waals surface area contributed by atoms with Crippen LogP contribution < -0.4 is 5.32 Å². The van der Waals surface area contributed by atoms with Crippen molar-refractivity contribution in [2.45, 2.75) is 25.8 Å². The molecule has 0 aromatic carbocycles. The van der Waals surface area contributed by atoms with E-state index in [-0.39, 0.29) is 0 Å². The first-order valence-corrected chi connectivity index (χ1v) is 6.11. The molecule has 0 aliphatic carbocycles. The predicted molar refractivity (Wildman–Crippen MR) is 64.9 cm³/mol. The summed E-state index contributed by atoms with van der Waals surface area (Å²) >= 11 is 0. The van der Waals surface area contributed by atoms with Gasteiger partial charge in [0, 0.05) is 30.1 Å². The van der Waals surface area contributed by atoms with E-state index in [1.165, 1.54) is 18.4 Å². The summed E-state index contributed by atoms with van der Waals surface area (Å²) in [6.45, 7) is 3.38. The summed E-state index contributed by atoms with van der Waals surface area (Å²) in [5.74, 6) is 1.62. The van der Waals surface area contributed by atoms with Crippen LogP contribution in [0.25, 0.3) is 5.82 Å². The Balaban J connectivity index is 1.76. The summed E-state index contributed by atoms with van der Waals surface area (Å²) in [5, 5.41) is 14.8. The first-order valence-electron chi connectivity index (χ1n) is 6.11. The van der Waals surface area contributed by atoms with E-state index in [9.17, 15) is 0 Å². The van der Waals surface area contributed by atoms with Gasteiger partial charge >= 0.3 is 0 Å². The highest BCUT2D eigenvalue weighted by Gasteiger charge is 2.20. The molecule has 90 valence electrons. The molecule has 3 rings (SSSR count). The largest absolute Gasteiger partial charge is 0.310 e. The second kappa shape index (κ2) is 4.33. The van der Waals surface area contributed by atoms with Crippen molar-refractivity contribution < 1.29 is 0 Å². The molecule has 0 saturated carbocycles. The minimum atomic E-state index is 0.443. The smallest absolute Gasteiger partial charge is 0.174 e. The summed E-state index contributed by atoms with van der Waals surface area (Å²) in [7, 11) is 0. The van der Waals surface area contributed by atoms with Crippen molar-refractivity contribution in [3.8, 4) is 5.82 Å². The molecule has 5 heteroatoms. The normalized spacial score (nSPS) is 25.0. The standard InChI is InChI=1S/C12H17N5/c1-9-2-3-11(13-6-9)10-7-15-17(8-10)12-4-5-14-16-12/h4-5,7-9,11,13H,2-3,6H2,1H3,(H,14,16)/t9?,11-/m0/s1. The number of piperidine rings is 1. The lowest BCUT2D eigenvalue weighted by molar-refractivity contribution is 0.333. The molecule has 2 atom stereocenters. The van der Waals surface area contributed by atoms with E-state index >= 15 is 0 Å². The van der Waals surface area contributed by atoms with Gasteiger partial charge in [-0.1, -0.05) is 6.92 Å². The molecular weight excluding hydrogens is 214 g/mol. The monoisotopic (exact) mass is 231 g/mol. The maximum absolute atomic E-state index is 4.35. The number of hydrogen-bond donors (Lipinski definition) is 2. The molecule has 2 aromatic heterocycles. The van der Waals surface area contributed by atoms with Crippen LogP contribution in [0, 0.1) is 5.92 Å². The van der Waals surface area contributed by atoms with Gasteiger partial charge in [-0.25, -0.2) is 4.68 Å². The molecular formula is C12H17N5. The minimum Gasteiger partial charge on any atom is -0.310 e. The molecule has 0 spiro atoms. The SMILES string of the molecule is CC1CC[C@@H](c2cnn(-c3cc[nH]n3)c2)NC1. The Morgan fingerprint density at radius 2 is 2.35 bits per heavy atom. The minimum absolute atomic E-state index is 0.443. The highest BCUT2D eigenvalue weighted by Crippen LogP contribution is 2.25. The lowest BCUT2D eigenvalue weighted by Crippen LogP contribution is -2.31. The summed E-state index contributed by atoms with van der Waals surface area (Å²) in [6, 6.07) is 2.35. The second-order valence-electron chi connectivity index (χ2n) is 4.79. The lowest BCUT2D eigenvalue weighted by atomic mass is 9.94. The van der Waals surface area contributed by atoms with Crippen molar-refractivity contribution in [1.29, 1.82) is 0 Å². The molecule has 17 heavy (non-hydrogen) atoms. The van der Waals surface area contributed by atoms with E-state index < -0.39 is 0 Å². The van der Waals surface area contributed by atoms with Gasteiger partial charge in [-0.2, -0.15) is 10.2 Å². The molecule has 0 bridgehead atoms. The van der Waals surface area contributed by atoms with Crippen LogP contribution >= 0.6 is 0 Å². The zero-order valence-electron chi connectivity index (χ0n) is 9.93. The van der Waals surface area contributed by atoms with Gasteiger partial charge in [0.25, 0.3) is 0 Å². The molecule has 1 unspecified atom stereocenters. The Morgan fingerprint density at radius 3 is 3.06 bits per heavy atom. The van der Waals surface area contributed by atoms with Gasteiger partial charge in [0.05, 0.1) is 6.20 Å². The number of nitrogens with zero attached hydrogens (tertiary/aromatic N) is 3. The third kappa shape index (κ3) is 2.10. The first-order chi connectivity index (χ1) is 8.33. The molecule has 3 heterocycles.